The molecule has 2 aromatic rings. The molecule has 0 amide bonds. The van der Waals surface area contributed by atoms with Crippen molar-refractivity contribution < 1.29 is 30.0 Å². The van der Waals surface area contributed by atoms with Gasteiger partial charge < -0.3 is 35.3 Å². The number of aliphatic hydroxyl groups is 4. The summed E-state index contributed by atoms with van der Waals surface area (Å²) in [7, 11) is 0. The monoisotopic (exact) mass is 381 g/mol. The summed E-state index contributed by atoms with van der Waals surface area (Å²) in [6.45, 7) is 5.81. The third kappa shape index (κ3) is 4.01. The number of rotatable bonds is 7. The quantitative estimate of drug-likeness (QED) is 0.355. The Morgan fingerprint density at radius 2 is 2.04 bits per heavy atom. The van der Waals surface area contributed by atoms with Crippen molar-refractivity contribution in [3.05, 3.63) is 24.8 Å². The predicted octanol–water partition coefficient (Wildman–Crippen LogP) is -1.57. The van der Waals surface area contributed by atoms with Crippen LogP contribution in [0.3, 0.4) is 0 Å². The van der Waals surface area contributed by atoms with E-state index in [0.29, 0.717) is 23.5 Å². The lowest BCUT2D eigenvalue weighted by atomic mass is 9.99. The van der Waals surface area contributed by atoms with Crippen LogP contribution >= 0.6 is 0 Å². The van der Waals surface area contributed by atoms with Crippen LogP contribution in [0, 0.1) is 0 Å². The van der Waals surface area contributed by atoms with E-state index in [4.69, 9.17) is 9.57 Å². The lowest BCUT2D eigenvalue weighted by molar-refractivity contribution is -0.299. The number of hydrogen-bond donors (Lipinski definition) is 5. The summed E-state index contributed by atoms with van der Waals surface area (Å²) >= 11 is 0. The number of aromatic nitrogens is 4. The Kier molecular flexibility index (Phi) is 5.87. The maximum absolute atomic E-state index is 10.1. The van der Waals surface area contributed by atoms with E-state index in [0.717, 1.165) is 12.0 Å². The smallest absolute Gasteiger partial charge is 0.254 e. The zero-order valence-corrected chi connectivity index (χ0v) is 14.8. The fourth-order valence-electron chi connectivity index (χ4n) is 2.70. The number of hydrogen-bond acceptors (Lipinski definition) is 10. The van der Waals surface area contributed by atoms with Crippen molar-refractivity contribution in [2.45, 2.75) is 44.1 Å². The first-order chi connectivity index (χ1) is 12.9. The molecule has 0 bridgehead atoms. The van der Waals surface area contributed by atoms with Crippen molar-refractivity contribution >= 4 is 17.0 Å². The number of aliphatic hydroxyl groups excluding tert-OH is 4. The van der Waals surface area contributed by atoms with Crippen LogP contribution in [-0.4, -0.2) is 84.0 Å². The maximum Gasteiger partial charge on any atom is 0.254 e. The Bertz CT molecular complexity index is 797. The molecule has 0 aliphatic carbocycles. The van der Waals surface area contributed by atoms with Crippen LogP contribution in [0.5, 0.6) is 0 Å². The molecule has 11 heteroatoms. The largest absolute Gasteiger partial charge is 0.394 e. The van der Waals surface area contributed by atoms with Gasteiger partial charge in [-0.25, -0.2) is 15.0 Å². The Morgan fingerprint density at radius 3 is 2.74 bits per heavy atom. The zero-order chi connectivity index (χ0) is 19.6. The van der Waals surface area contributed by atoms with Crippen molar-refractivity contribution in [3.63, 3.8) is 0 Å². The summed E-state index contributed by atoms with van der Waals surface area (Å²) in [5.41, 5.74) is 1.78. The van der Waals surface area contributed by atoms with Crippen molar-refractivity contribution in [3.8, 4) is 0 Å². The molecule has 1 unspecified atom stereocenters. The molecule has 0 saturated carbocycles. The van der Waals surface area contributed by atoms with Gasteiger partial charge in [0.15, 0.2) is 17.0 Å². The average molecular weight is 381 g/mol. The first-order valence-electron chi connectivity index (χ1n) is 8.46. The van der Waals surface area contributed by atoms with Crippen LogP contribution in [0.2, 0.25) is 0 Å². The number of nitrogens with zero attached hydrogens (tertiary/aromatic N) is 4. The molecule has 3 heterocycles. The molecule has 1 aliphatic heterocycles. The van der Waals surface area contributed by atoms with Gasteiger partial charge in [-0.05, 0) is 13.3 Å². The Hall–Kier alpha value is -2.31. The fraction of sp³-hybridized carbons (Fsp3) is 0.562. The Morgan fingerprint density at radius 1 is 1.26 bits per heavy atom. The molecule has 1 fully saturated rings. The molecule has 5 atom stereocenters. The molecular weight excluding hydrogens is 358 g/mol. The van der Waals surface area contributed by atoms with Crippen molar-refractivity contribution in [2.75, 3.05) is 18.5 Å². The highest BCUT2D eigenvalue weighted by Gasteiger charge is 2.45. The summed E-state index contributed by atoms with van der Waals surface area (Å²) in [6.07, 6.45) is -3.54. The number of fused-ring (bicyclic) bond motifs is 1. The van der Waals surface area contributed by atoms with E-state index in [1.165, 1.54) is 17.4 Å². The topological polar surface area (TPSA) is 155 Å². The van der Waals surface area contributed by atoms with E-state index in [1.807, 2.05) is 6.92 Å². The molecule has 0 radical (unpaired) electrons. The van der Waals surface area contributed by atoms with E-state index in [2.05, 4.69) is 26.8 Å². The van der Waals surface area contributed by atoms with Crippen LogP contribution in [0.4, 0.5) is 5.82 Å². The van der Waals surface area contributed by atoms with Crippen molar-refractivity contribution in [1.29, 1.82) is 0 Å². The molecule has 2 aromatic heterocycles. The number of nitrogens with one attached hydrogen (secondary N) is 1. The third-order valence-corrected chi connectivity index (χ3v) is 4.22. The van der Waals surface area contributed by atoms with Crippen LogP contribution in [0.1, 0.15) is 13.3 Å². The normalized spacial score (nSPS) is 28.3. The minimum absolute atomic E-state index is 0.354. The third-order valence-electron chi connectivity index (χ3n) is 4.22. The van der Waals surface area contributed by atoms with Gasteiger partial charge in [-0.2, -0.15) is 4.73 Å². The van der Waals surface area contributed by atoms with Gasteiger partial charge in [-0.1, -0.05) is 5.57 Å². The van der Waals surface area contributed by atoms with Gasteiger partial charge in [0.25, 0.3) is 6.29 Å². The standard InChI is InChI=1S/C16H23N5O6/c1-8(2)3-4-17-14-10-15(19-6-18-14)20-7-21(10)27-16-13(25)12(24)11(23)9(5-22)26-16/h6-7,9,11-13,16,22-25H,1,3-5H2,2H3,(H,17,18,19)/t9-,11-,12+,13-,16?/m1/s1. The molecule has 11 nitrogen and oxygen atoms in total. The van der Waals surface area contributed by atoms with Gasteiger partial charge in [-0.3, -0.25) is 0 Å². The lowest BCUT2D eigenvalue weighted by Gasteiger charge is -2.39. The second kappa shape index (κ2) is 8.15. The Labute approximate surface area is 154 Å². The molecule has 3 rings (SSSR count). The number of ether oxygens (including phenoxy) is 1. The number of imidazole rings is 1. The van der Waals surface area contributed by atoms with E-state index in [-0.39, 0.29) is 0 Å². The first-order valence-corrected chi connectivity index (χ1v) is 8.46. The molecule has 1 aliphatic rings. The first kappa shape index (κ1) is 19.5. The molecule has 5 N–H and O–H groups in total. The van der Waals surface area contributed by atoms with Crippen LogP contribution in [0.25, 0.3) is 11.2 Å². The average Bonchev–Trinajstić information content (AvgIpc) is 3.05. The van der Waals surface area contributed by atoms with E-state index in [1.54, 1.807) is 0 Å². The lowest BCUT2D eigenvalue weighted by Crippen LogP contribution is -2.61. The van der Waals surface area contributed by atoms with Crippen LogP contribution in [0.15, 0.2) is 24.8 Å². The molecule has 0 spiro atoms. The highest BCUT2D eigenvalue weighted by atomic mass is 16.8. The summed E-state index contributed by atoms with van der Waals surface area (Å²) in [4.78, 5) is 18.0. The fourth-order valence-corrected chi connectivity index (χ4v) is 2.70. The molecular formula is C16H23N5O6. The van der Waals surface area contributed by atoms with Crippen molar-refractivity contribution in [1.82, 2.24) is 19.7 Å². The molecule has 1 saturated heterocycles. The molecule has 0 aromatic carbocycles. The van der Waals surface area contributed by atoms with Crippen LogP contribution < -0.4 is 10.2 Å². The highest BCUT2D eigenvalue weighted by Crippen LogP contribution is 2.23. The molecule has 148 valence electrons. The SMILES string of the molecule is C=C(C)CCNc1ncnc2ncn(OC3O[C@H](CO)[C@@H](O)[C@H](O)[C@H]3O)c12. The Balaban J connectivity index is 1.83. The predicted molar refractivity (Wildman–Crippen MR) is 93.6 cm³/mol. The van der Waals surface area contributed by atoms with Crippen molar-refractivity contribution in [2.24, 2.45) is 0 Å². The van der Waals surface area contributed by atoms with E-state index in [9.17, 15) is 20.4 Å². The van der Waals surface area contributed by atoms with Gasteiger partial charge in [0.2, 0.25) is 0 Å². The second-order valence-corrected chi connectivity index (χ2v) is 6.40. The number of anilines is 1. The van der Waals surface area contributed by atoms with Gasteiger partial charge >= 0.3 is 0 Å². The van der Waals surface area contributed by atoms with Crippen LogP contribution in [-0.2, 0) is 4.74 Å². The summed E-state index contributed by atoms with van der Waals surface area (Å²) in [6, 6.07) is 0. The van der Waals surface area contributed by atoms with Gasteiger partial charge in [0, 0.05) is 6.54 Å². The summed E-state index contributed by atoms with van der Waals surface area (Å²) < 4.78 is 6.57. The summed E-state index contributed by atoms with van der Waals surface area (Å²) in [5, 5.41) is 42.3. The highest BCUT2D eigenvalue weighted by molar-refractivity contribution is 5.82. The van der Waals surface area contributed by atoms with Gasteiger partial charge in [0.05, 0.1) is 6.61 Å². The second-order valence-electron chi connectivity index (χ2n) is 6.40. The maximum atomic E-state index is 10.1. The molecule has 27 heavy (non-hydrogen) atoms. The van der Waals surface area contributed by atoms with Gasteiger partial charge in [0.1, 0.15) is 37.1 Å². The summed E-state index contributed by atoms with van der Waals surface area (Å²) in [5.74, 6) is 0.461. The zero-order valence-electron chi connectivity index (χ0n) is 14.8. The van der Waals surface area contributed by atoms with E-state index >= 15 is 0 Å². The minimum Gasteiger partial charge on any atom is -0.394 e. The minimum atomic E-state index is -1.54. The van der Waals surface area contributed by atoms with E-state index < -0.39 is 37.3 Å². The van der Waals surface area contributed by atoms with Gasteiger partial charge in [-0.15, -0.1) is 6.58 Å².